The molecule has 0 radical (unpaired) electrons. The molecule has 0 amide bonds. The summed E-state index contributed by atoms with van der Waals surface area (Å²) >= 11 is 0. The molecule has 0 aliphatic heterocycles. The first-order valence-corrected chi connectivity index (χ1v) is 5.98. The first-order chi connectivity index (χ1) is 8.56. The van der Waals surface area contributed by atoms with Crippen molar-refractivity contribution in [3.8, 4) is 0 Å². The van der Waals surface area contributed by atoms with E-state index in [0.717, 1.165) is 12.2 Å². The third-order valence-electron chi connectivity index (χ3n) is 3.04. The number of aryl methyl sites for hydroxylation is 3. The van der Waals surface area contributed by atoms with Gasteiger partial charge >= 0.3 is 0 Å². The molecule has 3 heteroatoms. The molecule has 0 saturated heterocycles. The number of rotatable bonds is 3. The fraction of sp³-hybridized carbons (Fsp3) is 0.267. The maximum absolute atomic E-state index is 12.7. The maximum Gasteiger partial charge on any atom is 0.212 e. The Morgan fingerprint density at radius 3 is 2.33 bits per heavy atom. The predicted octanol–water partition coefficient (Wildman–Crippen LogP) is 3.76. The SMILES string of the molecule is Cc1cc(C)c(CNc2ccc(F)nc2)c(C)c1. The van der Waals surface area contributed by atoms with Gasteiger partial charge in [-0.15, -0.1) is 0 Å². The molecular weight excluding hydrogens is 227 g/mol. The van der Waals surface area contributed by atoms with Crippen molar-refractivity contribution in [2.75, 3.05) is 5.32 Å². The molecule has 2 nitrogen and oxygen atoms in total. The minimum atomic E-state index is -0.455. The van der Waals surface area contributed by atoms with Gasteiger partial charge < -0.3 is 5.32 Å². The van der Waals surface area contributed by atoms with Crippen molar-refractivity contribution in [1.29, 1.82) is 0 Å². The first-order valence-electron chi connectivity index (χ1n) is 5.98. The number of pyridine rings is 1. The van der Waals surface area contributed by atoms with E-state index in [0.29, 0.717) is 0 Å². The van der Waals surface area contributed by atoms with E-state index in [1.165, 1.54) is 34.5 Å². The van der Waals surface area contributed by atoms with E-state index >= 15 is 0 Å². The maximum atomic E-state index is 12.7. The molecule has 18 heavy (non-hydrogen) atoms. The second kappa shape index (κ2) is 5.17. The summed E-state index contributed by atoms with van der Waals surface area (Å²) in [6.07, 6.45) is 1.51. The summed E-state index contributed by atoms with van der Waals surface area (Å²) in [7, 11) is 0. The van der Waals surface area contributed by atoms with E-state index in [1.807, 2.05) is 0 Å². The Hall–Kier alpha value is -1.90. The molecule has 0 aliphatic rings. The van der Waals surface area contributed by atoms with Gasteiger partial charge in [0.25, 0.3) is 0 Å². The molecule has 0 atom stereocenters. The Bertz CT molecular complexity index is 524. The third-order valence-corrected chi connectivity index (χ3v) is 3.04. The zero-order valence-corrected chi connectivity index (χ0v) is 10.9. The summed E-state index contributed by atoms with van der Waals surface area (Å²) in [5.41, 5.74) is 5.93. The summed E-state index contributed by atoms with van der Waals surface area (Å²) in [4.78, 5) is 3.62. The molecule has 1 N–H and O–H groups in total. The molecule has 0 saturated carbocycles. The van der Waals surface area contributed by atoms with Gasteiger partial charge in [0.1, 0.15) is 0 Å². The smallest absolute Gasteiger partial charge is 0.212 e. The monoisotopic (exact) mass is 244 g/mol. The van der Waals surface area contributed by atoms with Crippen molar-refractivity contribution < 1.29 is 4.39 Å². The van der Waals surface area contributed by atoms with Crippen molar-refractivity contribution >= 4 is 5.69 Å². The Labute approximate surface area is 107 Å². The Morgan fingerprint density at radius 2 is 1.78 bits per heavy atom. The van der Waals surface area contributed by atoms with Crippen molar-refractivity contribution in [3.05, 3.63) is 58.7 Å². The number of halogens is 1. The molecule has 1 heterocycles. The molecular formula is C15H17FN2. The topological polar surface area (TPSA) is 24.9 Å². The van der Waals surface area contributed by atoms with Crippen LogP contribution in [0.15, 0.2) is 30.5 Å². The summed E-state index contributed by atoms with van der Waals surface area (Å²) < 4.78 is 12.7. The standard InChI is InChI=1S/C15H17FN2/c1-10-6-11(2)14(12(3)7-10)9-17-13-4-5-15(16)18-8-13/h4-8,17H,9H2,1-3H3. The minimum Gasteiger partial charge on any atom is -0.380 e. The lowest BCUT2D eigenvalue weighted by Crippen LogP contribution is -2.04. The van der Waals surface area contributed by atoms with E-state index in [4.69, 9.17) is 0 Å². The Kier molecular flexibility index (Phi) is 3.60. The molecule has 0 unspecified atom stereocenters. The van der Waals surface area contributed by atoms with Crippen LogP contribution in [0.3, 0.4) is 0 Å². The van der Waals surface area contributed by atoms with Crippen LogP contribution in [0.2, 0.25) is 0 Å². The quantitative estimate of drug-likeness (QED) is 0.831. The normalized spacial score (nSPS) is 10.4. The van der Waals surface area contributed by atoms with E-state index in [9.17, 15) is 4.39 Å². The van der Waals surface area contributed by atoms with E-state index in [2.05, 4.69) is 43.2 Å². The van der Waals surface area contributed by atoms with Crippen LogP contribution in [0.25, 0.3) is 0 Å². The lowest BCUT2D eigenvalue weighted by atomic mass is 10.00. The van der Waals surface area contributed by atoms with E-state index < -0.39 is 5.95 Å². The van der Waals surface area contributed by atoms with Crippen LogP contribution < -0.4 is 5.32 Å². The fourth-order valence-corrected chi connectivity index (χ4v) is 2.16. The van der Waals surface area contributed by atoms with Crippen LogP contribution in [0.1, 0.15) is 22.3 Å². The van der Waals surface area contributed by atoms with E-state index in [-0.39, 0.29) is 0 Å². The van der Waals surface area contributed by atoms with Crippen LogP contribution in [-0.2, 0) is 6.54 Å². The zero-order chi connectivity index (χ0) is 13.1. The molecule has 0 fully saturated rings. The molecule has 0 bridgehead atoms. The molecule has 1 aromatic heterocycles. The summed E-state index contributed by atoms with van der Waals surface area (Å²) in [5, 5.41) is 3.26. The number of aromatic nitrogens is 1. The van der Waals surface area contributed by atoms with Crippen LogP contribution in [-0.4, -0.2) is 4.98 Å². The average molecular weight is 244 g/mol. The van der Waals surface area contributed by atoms with Crippen molar-refractivity contribution in [2.45, 2.75) is 27.3 Å². The largest absolute Gasteiger partial charge is 0.380 e. The number of benzene rings is 1. The van der Waals surface area contributed by atoms with Gasteiger partial charge in [-0.3, -0.25) is 0 Å². The van der Waals surface area contributed by atoms with Gasteiger partial charge in [0.2, 0.25) is 5.95 Å². The molecule has 0 spiro atoms. The fourth-order valence-electron chi connectivity index (χ4n) is 2.16. The predicted molar refractivity (Wildman–Crippen MR) is 72.2 cm³/mol. The Morgan fingerprint density at radius 1 is 1.11 bits per heavy atom. The van der Waals surface area contributed by atoms with E-state index in [1.54, 1.807) is 6.07 Å². The lowest BCUT2D eigenvalue weighted by molar-refractivity contribution is 0.584. The van der Waals surface area contributed by atoms with Gasteiger partial charge in [-0.25, -0.2) is 4.98 Å². The molecule has 94 valence electrons. The van der Waals surface area contributed by atoms with Crippen LogP contribution in [0.5, 0.6) is 0 Å². The van der Waals surface area contributed by atoms with Crippen LogP contribution >= 0.6 is 0 Å². The average Bonchev–Trinajstić information content (AvgIpc) is 2.30. The molecule has 1 aromatic carbocycles. The number of nitrogens with zero attached hydrogens (tertiary/aromatic N) is 1. The molecule has 0 aliphatic carbocycles. The van der Waals surface area contributed by atoms with Crippen molar-refractivity contribution in [3.63, 3.8) is 0 Å². The number of anilines is 1. The lowest BCUT2D eigenvalue weighted by Gasteiger charge is -2.13. The van der Waals surface area contributed by atoms with Crippen LogP contribution in [0.4, 0.5) is 10.1 Å². The van der Waals surface area contributed by atoms with Gasteiger partial charge in [-0.1, -0.05) is 17.7 Å². The van der Waals surface area contributed by atoms with Gasteiger partial charge in [-0.05, 0) is 49.6 Å². The zero-order valence-electron chi connectivity index (χ0n) is 10.9. The highest BCUT2D eigenvalue weighted by Gasteiger charge is 2.04. The van der Waals surface area contributed by atoms with Gasteiger partial charge in [0.15, 0.2) is 0 Å². The first kappa shape index (κ1) is 12.6. The van der Waals surface area contributed by atoms with Crippen molar-refractivity contribution in [1.82, 2.24) is 4.98 Å². The number of hydrogen-bond donors (Lipinski definition) is 1. The minimum absolute atomic E-state index is 0.455. The molecule has 2 aromatic rings. The van der Waals surface area contributed by atoms with Gasteiger partial charge in [-0.2, -0.15) is 4.39 Å². The van der Waals surface area contributed by atoms with Crippen molar-refractivity contribution in [2.24, 2.45) is 0 Å². The highest BCUT2D eigenvalue weighted by Crippen LogP contribution is 2.18. The van der Waals surface area contributed by atoms with Gasteiger partial charge in [0, 0.05) is 6.54 Å². The third kappa shape index (κ3) is 2.86. The number of nitrogens with one attached hydrogen (secondary N) is 1. The highest BCUT2D eigenvalue weighted by molar-refractivity contribution is 5.44. The summed E-state index contributed by atoms with van der Waals surface area (Å²) in [6.45, 7) is 7.05. The molecule has 2 rings (SSSR count). The summed E-state index contributed by atoms with van der Waals surface area (Å²) in [6, 6.07) is 7.40. The highest BCUT2D eigenvalue weighted by atomic mass is 19.1. The second-order valence-electron chi connectivity index (χ2n) is 4.60. The number of hydrogen-bond acceptors (Lipinski definition) is 2. The second-order valence-corrected chi connectivity index (χ2v) is 4.60. The van der Waals surface area contributed by atoms with Crippen LogP contribution in [0, 0.1) is 26.7 Å². The Balaban J connectivity index is 2.13. The summed E-state index contributed by atoms with van der Waals surface area (Å²) in [5.74, 6) is -0.455. The van der Waals surface area contributed by atoms with Gasteiger partial charge in [0.05, 0.1) is 11.9 Å².